The van der Waals surface area contributed by atoms with Gasteiger partial charge in [-0.1, -0.05) is 6.92 Å². The minimum absolute atomic E-state index is 0.523. The van der Waals surface area contributed by atoms with Crippen LogP contribution in [0.25, 0.3) is 0 Å². The number of rotatable bonds is 4. The molecule has 1 saturated heterocycles. The fourth-order valence-electron chi connectivity index (χ4n) is 3.02. The second-order valence-electron chi connectivity index (χ2n) is 6.65. The van der Waals surface area contributed by atoms with E-state index in [9.17, 15) is 0 Å². The number of nitriles is 1. The van der Waals surface area contributed by atoms with Gasteiger partial charge in [0.1, 0.15) is 11.1 Å². The van der Waals surface area contributed by atoms with Crippen LogP contribution < -0.4 is 4.90 Å². The van der Waals surface area contributed by atoms with Crippen molar-refractivity contribution in [3.63, 3.8) is 0 Å². The third-order valence-corrected chi connectivity index (χ3v) is 5.60. The normalized spacial score (nSPS) is 18.6. The maximum absolute atomic E-state index is 8.88. The van der Waals surface area contributed by atoms with Gasteiger partial charge in [0.05, 0.1) is 5.56 Å². The zero-order valence-corrected chi connectivity index (χ0v) is 14.5. The van der Waals surface area contributed by atoms with Gasteiger partial charge in [-0.2, -0.15) is 5.26 Å². The average Bonchev–Trinajstić information content (AvgIpc) is 3.37. The molecule has 2 aliphatic rings. The Bertz CT molecular complexity index is 750. The standard InChI is InChI=1S/C17H20N6S/c1-12-6-8-22(9-7-12)16-20-21-17(23(16)14-3-4-14)24-15-5-2-13(10-18)11-19-15/h2,5,11-12,14H,3-4,6-9H2,1H3. The van der Waals surface area contributed by atoms with Crippen molar-refractivity contribution in [2.45, 2.75) is 48.8 Å². The Hall–Kier alpha value is -2.07. The fraction of sp³-hybridized carbons (Fsp3) is 0.529. The van der Waals surface area contributed by atoms with Gasteiger partial charge in [-0.3, -0.25) is 4.57 Å². The lowest BCUT2D eigenvalue weighted by Gasteiger charge is -2.31. The Morgan fingerprint density at radius 3 is 2.58 bits per heavy atom. The molecular formula is C17H20N6S. The molecule has 2 aromatic heterocycles. The first kappa shape index (κ1) is 15.5. The summed E-state index contributed by atoms with van der Waals surface area (Å²) in [5.41, 5.74) is 0.575. The molecule has 0 amide bonds. The van der Waals surface area contributed by atoms with Gasteiger partial charge in [-0.25, -0.2) is 4.98 Å². The molecule has 2 aromatic rings. The number of aromatic nitrogens is 4. The van der Waals surface area contributed by atoms with E-state index in [2.05, 4.69) is 37.6 Å². The van der Waals surface area contributed by atoms with Crippen LogP contribution in [0, 0.1) is 17.2 Å². The van der Waals surface area contributed by atoms with Crippen LogP contribution in [0.15, 0.2) is 28.5 Å². The number of piperidine rings is 1. The zero-order valence-electron chi connectivity index (χ0n) is 13.7. The van der Waals surface area contributed by atoms with Gasteiger partial charge in [0.2, 0.25) is 5.95 Å². The van der Waals surface area contributed by atoms with Crippen molar-refractivity contribution < 1.29 is 0 Å². The third-order valence-electron chi connectivity index (χ3n) is 4.69. The number of anilines is 1. The highest BCUT2D eigenvalue weighted by molar-refractivity contribution is 7.99. The van der Waals surface area contributed by atoms with Gasteiger partial charge in [0, 0.05) is 25.3 Å². The van der Waals surface area contributed by atoms with Crippen molar-refractivity contribution in [2.75, 3.05) is 18.0 Å². The molecule has 0 spiro atoms. The predicted molar refractivity (Wildman–Crippen MR) is 92.0 cm³/mol. The zero-order chi connectivity index (χ0) is 16.5. The van der Waals surface area contributed by atoms with Gasteiger partial charge in [-0.05, 0) is 55.5 Å². The maximum atomic E-state index is 8.88. The Balaban J connectivity index is 1.58. The van der Waals surface area contributed by atoms with Crippen LogP contribution in [0.1, 0.15) is 44.2 Å². The molecule has 7 heteroatoms. The summed E-state index contributed by atoms with van der Waals surface area (Å²) in [5.74, 6) is 1.82. The van der Waals surface area contributed by atoms with Crippen LogP contribution in [0.2, 0.25) is 0 Å². The highest BCUT2D eigenvalue weighted by Crippen LogP contribution is 2.42. The summed E-state index contributed by atoms with van der Waals surface area (Å²) < 4.78 is 2.29. The van der Waals surface area contributed by atoms with E-state index >= 15 is 0 Å². The molecule has 1 aliphatic heterocycles. The van der Waals surface area contributed by atoms with E-state index in [4.69, 9.17) is 5.26 Å². The molecule has 6 nitrogen and oxygen atoms in total. The summed E-state index contributed by atoms with van der Waals surface area (Å²) in [4.78, 5) is 6.72. The van der Waals surface area contributed by atoms with Crippen LogP contribution >= 0.6 is 11.8 Å². The van der Waals surface area contributed by atoms with Crippen molar-refractivity contribution in [3.8, 4) is 6.07 Å². The lowest BCUT2D eigenvalue weighted by Crippen LogP contribution is -2.34. The molecule has 4 rings (SSSR count). The van der Waals surface area contributed by atoms with E-state index in [0.29, 0.717) is 11.6 Å². The highest BCUT2D eigenvalue weighted by atomic mass is 32.2. The number of hydrogen-bond donors (Lipinski definition) is 0. The van der Waals surface area contributed by atoms with Crippen LogP contribution in [-0.4, -0.2) is 32.8 Å². The molecule has 0 N–H and O–H groups in total. The van der Waals surface area contributed by atoms with Gasteiger partial charge >= 0.3 is 0 Å². The van der Waals surface area contributed by atoms with Gasteiger partial charge in [0.15, 0.2) is 5.16 Å². The topological polar surface area (TPSA) is 70.6 Å². The maximum Gasteiger partial charge on any atom is 0.228 e. The van der Waals surface area contributed by atoms with Crippen LogP contribution in [0.4, 0.5) is 5.95 Å². The lowest BCUT2D eigenvalue weighted by atomic mass is 10.00. The van der Waals surface area contributed by atoms with E-state index in [1.54, 1.807) is 12.3 Å². The van der Waals surface area contributed by atoms with Gasteiger partial charge < -0.3 is 4.90 Å². The third kappa shape index (κ3) is 3.11. The summed E-state index contributed by atoms with van der Waals surface area (Å²) >= 11 is 1.53. The SMILES string of the molecule is CC1CCN(c2nnc(Sc3ccc(C#N)cn3)n2C2CC2)CC1. The second kappa shape index (κ2) is 6.44. The van der Waals surface area contributed by atoms with Crippen molar-refractivity contribution in [2.24, 2.45) is 5.92 Å². The molecule has 3 heterocycles. The molecule has 0 atom stereocenters. The Kier molecular flexibility index (Phi) is 4.15. The predicted octanol–water partition coefficient (Wildman–Crippen LogP) is 3.27. The number of pyridine rings is 1. The fourth-order valence-corrected chi connectivity index (χ4v) is 3.86. The minimum Gasteiger partial charge on any atom is -0.341 e. The van der Waals surface area contributed by atoms with Crippen molar-refractivity contribution in [1.82, 2.24) is 19.7 Å². The first-order valence-corrected chi connectivity index (χ1v) is 9.30. The Morgan fingerprint density at radius 1 is 1.17 bits per heavy atom. The molecule has 0 unspecified atom stereocenters. The molecule has 124 valence electrons. The van der Waals surface area contributed by atoms with Crippen molar-refractivity contribution in [1.29, 1.82) is 5.26 Å². The summed E-state index contributed by atoms with van der Waals surface area (Å²) in [6.07, 6.45) is 6.44. The van der Waals surface area contributed by atoms with Gasteiger partial charge in [-0.15, -0.1) is 10.2 Å². The lowest BCUT2D eigenvalue weighted by molar-refractivity contribution is 0.429. The quantitative estimate of drug-likeness (QED) is 0.851. The summed E-state index contributed by atoms with van der Waals surface area (Å²) in [7, 11) is 0. The van der Waals surface area contributed by atoms with Gasteiger partial charge in [0.25, 0.3) is 0 Å². The minimum atomic E-state index is 0.523. The van der Waals surface area contributed by atoms with Crippen LogP contribution in [-0.2, 0) is 0 Å². The van der Waals surface area contributed by atoms with Crippen LogP contribution in [0.3, 0.4) is 0 Å². The second-order valence-corrected chi connectivity index (χ2v) is 7.64. The molecule has 1 saturated carbocycles. The smallest absolute Gasteiger partial charge is 0.228 e. The first-order chi connectivity index (χ1) is 11.7. The molecule has 0 radical (unpaired) electrons. The van der Waals surface area contributed by atoms with E-state index in [-0.39, 0.29) is 0 Å². The van der Waals surface area contributed by atoms with E-state index in [1.165, 1.54) is 37.4 Å². The van der Waals surface area contributed by atoms with Crippen molar-refractivity contribution in [3.05, 3.63) is 23.9 Å². The Morgan fingerprint density at radius 2 is 1.96 bits per heavy atom. The van der Waals surface area contributed by atoms with Crippen LogP contribution in [0.5, 0.6) is 0 Å². The summed E-state index contributed by atoms with van der Waals surface area (Å²) in [6, 6.07) is 6.28. The monoisotopic (exact) mass is 340 g/mol. The van der Waals surface area contributed by atoms with E-state index in [1.807, 2.05) is 6.07 Å². The molecule has 0 bridgehead atoms. The molecular weight excluding hydrogens is 320 g/mol. The summed E-state index contributed by atoms with van der Waals surface area (Å²) in [6.45, 7) is 4.44. The Labute approximate surface area is 145 Å². The van der Waals surface area contributed by atoms with E-state index in [0.717, 1.165) is 35.1 Å². The van der Waals surface area contributed by atoms with E-state index < -0.39 is 0 Å². The molecule has 1 aliphatic carbocycles. The average molecular weight is 340 g/mol. The number of nitrogens with zero attached hydrogens (tertiary/aromatic N) is 6. The molecule has 0 aromatic carbocycles. The number of hydrogen-bond acceptors (Lipinski definition) is 6. The van der Waals surface area contributed by atoms with Crippen molar-refractivity contribution >= 4 is 17.7 Å². The molecule has 2 fully saturated rings. The highest BCUT2D eigenvalue weighted by Gasteiger charge is 2.32. The molecule has 24 heavy (non-hydrogen) atoms. The largest absolute Gasteiger partial charge is 0.341 e. The first-order valence-electron chi connectivity index (χ1n) is 8.48. The summed E-state index contributed by atoms with van der Waals surface area (Å²) in [5, 5.41) is 19.6.